The summed E-state index contributed by atoms with van der Waals surface area (Å²) < 4.78 is 31.7. The largest absolute Gasteiger partial charge is 0.459 e. The third-order valence-electron chi connectivity index (χ3n) is 11.9. The first-order valence-corrected chi connectivity index (χ1v) is 19.8. The molecular weight excluding hydrogens is 669 g/mol. The molecule has 0 bridgehead atoms. The fraction of sp³-hybridized carbons (Fsp3) is 0.732. The van der Waals surface area contributed by atoms with Crippen LogP contribution in [0.1, 0.15) is 94.1 Å². The molecule has 0 radical (unpaired) electrons. The second kappa shape index (κ2) is 17.4. The Morgan fingerprint density at radius 3 is 2.29 bits per heavy atom. The smallest absolute Gasteiger partial charge is 0.316 e. The molecular formula is C41H62O9S. The number of ketones is 2. The lowest BCUT2D eigenvalue weighted by molar-refractivity contribution is -0.299. The minimum atomic E-state index is -1.17. The molecule has 286 valence electrons. The highest BCUT2D eigenvalue weighted by atomic mass is 32.2. The standard InChI is InChI=1S/C41H62O9S/c1-12-32-41(10)33(30(20-47-41)22-51-21-29-16-14-13-15-17-29)26(6)34(42)24(4)19-40(9,46-11)37(27(7)35(43)28(8)38(45)49-32)50-39-36(44)31(23(2)3)18-25(5)48-39/h13-17,22-28,31-33,36-37,39,44H,12,18-21H2,1-11H3/b30-22+/t24-,25-,26?,27+,28?,31-,32-,33-,36-,37-,39+,40-,41-/m1/s1. The van der Waals surface area contributed by atoms with Gasteiger partial charge in [0.1, 0.15) is 29.5 Å². The summed E-state index contributed by atoms with van der Waals surface area (Å²) in [5.41, 5.74) is 0.0127. The number of fused-ring (bicyclic) bond motifs is 1. The lowest BCUT2D eigenvalue weighted by Crippen LogP contribution is -2.57. The molecule has 3 saturated heterocycles. The fourth-order valence-electron chi connectivity index (χ4n) is 8.77. The van der Waals surface area contributed by atoms with E-state index in [4.69, 9.17) is 23.7 Å². The van der Waals surface area contributed by atoms with Gasteiger partial charge in [-0.2, -0.15) is 0 Å². The van der Waals surface area contributed by atoms with Crippen LogP contribution in [-0.2, 0) is 43.8 Å². The Bertz CT molecular complexity index is 1380. The molecule has 0 amide bonds. The van der Waals surface area contributed by atoms with E-state index in [1.165, 1.54) is 5.56 Å². The average Bonchev–Trinajstić information content (AvgIpc) is 3.44. The van der Waals surface area contributed by atoms with Crippen LogP contribution in [0.4, 0.5) is 0 Å². The molecule has 3 heterocycles. The highest BCUT2D eigenvalue weighted by Crippen LogP contribution is 2.48. The second-order valence-electron chi connectivity index (χ2n) is 16.0. The lowest BCUT2D eigenvalue weighted by Gasteiger charge is -2.47. The van der Waals surface area contributed by atoms with Gasteiger partial charge in [0.25, 0.3) is 0 Å². The van der Waals surface area contributed by atoms with Crippen LogP contribution in [0, 0.1) is 41.4 Å². The van der Waals surface area contributed by atoms with Crippen molar-refractivity contribution in [1.29, 1.82) is 0 Å². The molecule has 3 aliphatic rings. The van der Waals surface area contributed by atoms with Gasteiger partial charge in [-0.3, -0.25) is 14.4 Å². The number of benzene rings is 1. The van der Waals surface area contributed by atoms with Gasteiger partial charge < -0.3 is 28.8 Å². The molecule has 10 heteroatoms. The molecule has 0 aliphatic carbocycles. The van der Waals surface area contributed by atoms with E-state index in [1.807, 2.05) is 59.7 Å². The van der Waals surface area contributed by atoms with Crippen molar-refractivity contribution in [2.45, 2.75) is 136 Å². The molecule has 0 spiro atoms. The van der Waals surface area contributed by atoms with Crippen LogP contribution < -0.4 is 0 Å². The van der Waals surface area contributed by atoms with Gasteiger partial charge in [-0.15, -0.1) is 11.8 Å². The van der Waals surface area contributed by atoms with Gasteiger partial charge in [0.15, 0.2) is 12.1 Å². The third-order valence-corrected chi connectivity index (χ3v) is 12.9. The van der Waals surface area contributed by atoms with Crippen molar-refractivity contribution in [3.8, 4) is 0 Å². The minimum Gasteiger partial charge on any atom is -0.459 e. The van der Waals surface area contributed by atoms with Crippen molar-refractivity contribution >= 4 is 29.3 Å². The predicted molar refractivity (Wildman–Crippen MR) is 199 cm³/mol. The normalized spacial score (nSPS) is 41.0. The van der Waals surface area contributed by atoms with Gasteiger partial charge in [-0.25, -0.2) is 0 Å². The molecule has 3 aliphatic heterocycles. The summed E-state index contributed by atoms with van der Waals surface area (Å²) in [4.78, 5) is 42.7. The summed E-state index contributed by atoms with van der Waals surface area (Å²) in [5, 5.41) is 13.5. The van der Waals surface area contributed by atoms with Crippen LogP contribution >= 0.6 is 11.8 Å². The SMILES string of the molecule is CC[C@H]1OC(=O)C(C)C(=O)[C@H](C)[C@@H](O[C@@H]2O[C@H](C)C[C@H](C(C)C)[C@H]2O)[C@](C)(OC)C[C@@H](C)C(=O)C(C)[C@@H]2/C(=C/SCc3ccccc3)CO[C@]12C. The first-order valence-electron chi connectivity index (χ1n) is 18.8. The van der Waals surface area contributed by atoms with Crippen molar-refractivity contribution in [3.05, 3.63) is 46.9 Å². The van der Waals surface area contributed by atoms with Crippen LogP contribution in [0.15, 0.2) is 41.3 Å². The number of Topliss-reactive ketones (excluding diaryl/α,β-unsaturated/α-hetero) is 2. The number of hydrogen-bond donors (Lipinski definition) is 1. The zero-order chi connectivity index (χ0) is 37.8. The average molecular weight is 731 g/mol. The number of rotatable bonds is 8. The Kier molecular flexibility index (Phi) is 14.2. The maximum absolute atomic E-state index is 14.6. The number of carbonyl (C=O) groups excluding carboxylic acids is 3. The number of ether oxygens (including phenoxy) is 5. The highest BCUT2D eigenvalue weighted by molar-refractivity contribution is 8.01. The Morgan fingerprint density at radius 2 is 1.69 bits per heavy atom. The second-order valence-corrected chi connectivity index (χ2v) is 16.9. The summed E-state index contributed by atoms with van der Waals surface area (Å²) in [6.07, 6.45) is -2.44. The zero-order valence-corrected chi connectivity index (χ0v) is 33.4. The van der Waals surface area contributed by atoms with E-state index in [2.05, 4.69) is 31.4 Å². The van der Waals surface area contributed by atoms with Gasteiger partial charge in [0.2, 0.25) is 0 Å². The molecule has 1 N–H and O–H groups in total. The molecule has 51 heavy (non-hydrogen) atoms. The summed E-state index contributed by atoms with van der Waals surface area (Å²) >= 11 is 1.65. The van der Waals surface area contributed by atoms with E-state index >= 15 is 0 Å². The summed E-state index contributed by atoms with van der Waals surface area (Å²) in [6.45, 7) is 19.2. The Labute approximate surface area is 309 Å². The molecule has 9 nitrogen and oxygen atoms in total. The van der Waals surface area contributed by atoms with Gasteiger partial charge in [0.05, 0.1) is 24.4 Å². The van der Waals surface area contributed by atoms with E-state index < -0.39 is 65.4 Å². The minimum absolute atomic E-state index is 0.0192. The monoisotopic (exact) mass is 730 g/mol. The quantitative estimate of drug-likeness (QED) is 0.218. The number of aliphatic hydroxyl groups is 1. The van der Waals surface area contributed by atoms with Crippen LogP contribution in [-0.4, -0.2) is 78.3 Å². The van der Waals surface area contributed by atoms with E-state index in [1.54, 1.807) is 32.7 Å². The lowest BCUT2D eigenvalue weighted by atomic mass is 9.69. The summed E-state index contributed by atoms with van der Waals surface area (Å²) in [7, 11) is 1.55. The van der Waals surface area contributed by atoms with Crippen molar-refractivity contribution in [3.63, 3.8) is 0 Å². The zero-order valence-electron chi connectivity index (χ0n) is 32.5. The number of aliphatic hydroxyl groups excluding tert-OH is 1. The van der Waals surface area contributed by atoms with Crippen molar-refractivity contribution < 1.29 is 43.2 Å². The molecule has 0 aromatic heterocycles. The molecule has 0 saturated carbocycles. The van der Waals surface area contributed by atoms with Gasteiger partial charge in [0, 0.05) is 36.5 Å². The number of cyclic esters (lactones) is 1. The molecule has 2 unspecified atom stereocenters. The first kappa shape index (κ1) is 41.7. The first-order chi connectivity index (χ1) is 24.0. The van der Waals surface area contributed by atoms with E-state index in [-0.39, 0.29) is 41.8 Å². The topological polar surface area (TPSA) is 118 Å². The van der Waals surface area contributed by atoms with Crippen LogP contribution in [0.2, 0.25) is 0 Å². The van der Waals surface area contributed by atoms with Crippen molar-refractivity contribution in [1.82, 2.24) is 0 Å². The maximum atomic E-state index is 14.6. The molecule has 3 fully saturated rings. The summed E-state index contributed by atoms with van der Waals surface area (Å²) in [5.74, 6) is -3.48. The maximum Gasteiger partial charge on any atom is 0.316 e. The molecule has 1 aromatic carbocycles. The number of carbonyl (C=O) groups is 3. The fourth-order valence-corrected chi connectivity index (χ4v) is 9.67. The Morgan fingerprint density at radius 1 is 1.02 bits per heavy atom. The predicted octanol–water partition coefficient (Wildman–Crippen LogP) is 7.18. The number of esters is 1. The van der Waals surface area contributed by atoms with E-state index in [0.29, 0.717) is 19.4 Å². The summed E-state index contributed by atoms with van der Waals surface area (Å²) in [6, 6.07) is 10.2. The number of methoxy groups -OCH3 is 1. The van der Waals surface area contributed by atoms with Crippen LogP contribution in [0.3, 0.4) is 0 Å². The van der Waals surface area contributed by atoms with Crippen molar-refractivity contribution in [2.24, 2.45) is 41.4 Å². The molecule has 4 rings (SSSR count). The Balaban J connectivity index is 1.75. The van der Waals surface area contributed by atoms with E-state index in [0.717, 1.165) is 11.3 Å². The molecule has 1 aromatic rings. The number of thioether (sulfide) groups is 1. The molecule has 13 atom stereocenters. The van der Waals surface area contributed by atoms with Gasteiger partial charge in [-0.1, -0.05) is 71.9 Å². The Hall–Kier alpha value is -2.08. The number of hydrogen-bond acceptors (Lipinski definition) is 10. The van der Waals surface area contributed by atoms with Crippen LogP contribution in [0.25, 0.3) is 0 Å². The van der Waals surface area contributed by atoms with Crippen molar-refractivity contribution in [2.75, 3.05) is 13.7 Å². The van der Waals surface area contributed by atoms with Crippen LogP contribution in [0.5, 0.6) is 0 Å². The van der Waals surface area contributed by atoms with Gasteiger partial charge >= 0.3 is 5.97 Å². The highest BCUT2D eigenvalue weighted by Gasteiger charge is 2.56. The third kappa shape index (κ3) is 9.01. The van der Waals surface area contributed by atoms with Gasteiger partial charge in [-0.05, 0) is 75.3 Å². The van der Waals surface area contributed by atoms with E-state index in [9.17, 15) is 19.5 Å².